The van der Waals surface area contributed by atoms with Crippen molar-refractivity contribution < 1.29 is 9.13 Å². The van der Waals surface area contributed by atoms with Gasteiger partial charge in [0, 0.05) is 38.1 Å². The van der Waals surface area contributed by atoms with Crippen LogP contribution in [-0.4, -0.2) is 38.8 Å². The summed E-state index contributed by atoms with van der Waals surface area (Å²) < 4.78 is 23.1. The van der Waals surface area contributed by atoms with Gasteiger partial charge in [-0.1, -0.05) is 32.3 Å². The lowest BCUT2D eigenvalue weighted by molar-refractivity contribution is 0.0787. The summed E-state index contributed by atoms with van der Waals surface area (Å²) in [5.74, 6) is -0.144. The number of ether oxygens (including phenoxy) is 1. The molecule has 0 unspecified atom stereocenters. The molecule has 0 atom stereocenters. The number of fused-ring (bicyclic) bond motifs is 1. The second kappa shape index (κ2) is 8.41. The predicted molar refractivity (Wildman–Crippen MR) is 120 cm³/mol. The molecule has 4 rings (SSSR count). The second-order valence-corrected chi connectivity index (χ2v) is 14.1. The number of aromatic nitrogens is 5. The molecule has 0 aliphatic heterocycles. The highest BCUT2D eigenvalue weighted by Gasteiger charge is 2.18. The Bertz CT molecular complexity index is 1270. The van der Waals surface area contributed by atoms with Crippen LogP contribution >= 0.6 is 0 Å². The third kappa shape index (κ3) is 4.71. The molecule has 31 heavy (non-hydrogen) atoms. The van der Waals surface area contributed by atoms with Gasteiger partial charge < -0.3 is 9.58 Å². The van der Waals surface area contributed by atoms with E-state index in [0.717, 1.165) is 17.2 Å². The van der Waals surface area contributed by atoms with Crippen LogP contribution in [0, 0.1) is 12.5 Å². The normalized spacial score (nSPS) is 11.7. The van der Waals surface area contributed by atoms with Crippen LogP contribution in [0.2, 0.25) is 25.7 Å². The molecule has 0 aliphatic rings. The first-order valence-corrected chi connectivity index (χ1v) is 13.7. The smallest absolute Gasteiger partial charge is 0.254 e. The summed E-state index contributed by atoms with van der Waals surface area (Å²) in [6.07, 6.45) is 5.24. The van der Waals surface area contributed by atoms with Gasteiger partial charge in [0.2, 0.25) is 11.6 Å². The first-order valence-electron chi connectivity index (χ1n) is 9.97. The molecule has 158 valence electrons. The van der Waals surface area contributed by atoms with Gasteiger partial charge in [-0.15, -0.1) is 0 Å². The summed E-state index contributed by atoms with van der Waals surface area (Å²) >= 11 is 0. The summed E-state index contributed by atoms with van der Waals surface area (Å²) in [4.78, 5) is 11.8. The van der Waals surface area contributed by atoms with Crippen molar-refractivity contribution in [2.24, 2.45) is 0 Å². The molecule has 0 amide bonds. The van der Waals surface area contributed by atoms with Gasteiger partial charge in [0.15, 0.2) is 0 Å². The zero-order valence-corrected chi connectivity index (χ0v) is 18.7. The molecule has 0 N–H and O–H groups in total. The van der Waals surface area contributed by atoms with Crippen molar-refractivity contribution in [2.75, 3.05) is 6.61 Å². The number of hydrogen-bond donors (Lipinski definition) is 0. The average molecular weight is 435 g/mol. The van der Waals surface area contributed by atoms with Crippen LogP contribution in [0.5, 0.6) is 0 Å². The molecule has 4 heterocycles. The van der Waals surface area contributed by atoms with Crippen molar-refractivity contribution in [3.63, 3.8) is 0 Å². The lowest BCUT2D eigenvalue weighted by Gasteiger charge is -2.15. The molecular formula is C22H23FN6OSi. The SMILES string of the molecule is [C-]#[N+]c1cnc2ccc(-c3cn(COCC[Si](C)(C)C)nc3-c3cccc(F)n3)cn12. The van der Waals surface area contributed by atoms with Gasteiger partial charge in [0.1, 0.15) is 12.4 Å². The zero-order chi connectivity index (χ0) is 22.0. The maximum atomic E-state index is 13.8. The van der Waals surface area contributed by atoms with Gasteiger partial charge in [-0.3, -0.25) is 0 Å². The van der Waals surface area contributed by atoms with E-state index < -0.39 is 14.0 Å². The Morgan fingerprint density at radius 2 is 2.00 bits per heavy atom. The summed E-state index contributed by atoms with van der Waals surface area (Å²) in [7, 11) is -1.18. The van der Waals surface area contributed by atoms with Crippen molar-refractivity contribution in [1.82, 2.24) is 24.1 Å². The molecule has 9 heteroatoms. The van der Waals surface area contributed by atoms with Gasteiger partial charge >= 0.3 is 0 Å². The van der Waals surface area contributed by atoms with Crippen LogP contribution in [0.1, 0.15) is 0 Å². The van der Waals surface area contributed by atoms with Crippen LogP contribution in [0.3, 0.4) is 0 Å². The fourth-order valence-electron chi connectivity index (χ4n) is 3.17. The van der Waals surface area contributed by atoms with Crippen molar-refractivity contribution in [1.29, 1.82) is 0 Å². The maximum absolute atomic E-state index is 13.8. The lowest BCUT2D eigenvalue weighted by atomic mass is 10.1. The molecule has 0 radical (unpaired) electrons. The van der Waals surface area contributed by atoms with Crippen molar-refractivity contribution in [2.45, 2.75) is 32.4 Å². The third-order valence-electron chi connectivity index (χ3n) is 4.85. The second-order valence-electron chi connectivity index (χ2n) is 8.50. The van der Waals surface area contributed by atoms with Crippen molar-refractivity contribution in [3.05, 3.63) is 66.3 Å². The fourth-order valence-corrected chi connectivity index (χ4v) is 3.93. The van der Waals surface area contributed by atoms with Crippen LogP contribution in [0.25, 0.3) is 33.0 Å². The van der Waals surface area contributed by atoms with Gasteiger partial charge in [-0.2, -0.15) is 9.49 Å². The largest absolute Gasteiger partial charge is 0.362 e. The minimum absolute atomic E-state index is 0.299. The molecule has 0 fully saturated rings. The molecule has 0 bridgehead atoms. The lowest BCUT2D eigenvalue weighted by Crippen LogP contribution is -2.22. The Morgan fingerprint density at radius 3 is 2.74 bits per heavy atom. The van der Waals surface area contributed by atoms with Crippen molar-refractivity contribution in [3.8, 4) is 22.5 Å². The van der Waals surface area contributed by atoms with E-state index in [1.54, 1.807) is 21.2 Å². The quantitative estimate of drug-likeness (QED) is 0.172. The highest BCUT2D eigenvalue weighted by molar-refractivity contribution is 6.76. The van der Waals surface area contributed by atoms with Crippen LogP contribution in [0.15, 0.2) is 48.9 Å². The predicted octanol–water partition coefficient (Wildman–Crippen LogP) is 5.26. The number of imidazole rings is 1. The van der Waals surface area contributed by atoms with Crippen LogP contribution in [-0.2, 0) is 11.5 Å². The molecule has 0 spiro atoms. The Balaban J connectivity index is 1.71. The van der Waals surface area contributed by atoms with Gasteiger partial charge in [0.25, 0.3) is 5.82 Å². The minimum atomic E-state index is -1.18. The molecule has 7 nitrogen and oxygen atoms in total. The van der Waals surface area contributed by atoms with Gasteiger partial charge in [-0.25, -0.2) is 19.1 Å². The summed E-state index contributed by atoms with van der Waals surface area (Å²) in [6.45, 7) is 15.2. The monoisotopic (exact) mass is 434 g/mol. The van der Waals surface area contributed by atoms with E-state index in [0.29, 0.717) is 36.2 Å². The molecule has 4 aromatic rings. The summed E-state index contributed by atoms with van der Waals surface area (Å²) in [5, 5.41) is 4.63. The van der Waals surface area contributed by atoms with Crippen LogP contribution < -0.4 is 0 Å². The summed E-state index contributed by atoms with van der Waals surface area (Å²) in [6, 6.07) is 9.46. The molecular weight excluding hydrogens is 411 g/mol. The molecule has 0 saturated heterocycles. The van der Waals surface area contributed by atoms with E-state index in [2.05, 4.69) is 39.6 Å². The van der Waals surface area contributed by atoms with Gasteiger partial charge in [-0.05, 0) is 24.2 Å². The highest BCUT2D eigenvalue weighted by Crippen LogP contribution is 2.31. The number of pyridine rings is 2. The topological polar surface area (TPSA) is 61.6 Å². The fraction of sp³-hybridized carbons (Fsp3) is 0.273. The van der Waals surface area contributed by atoms with E-state index in [4.69, 9.17) is 11.3 Å². The van der Waals surface area contributed by atoms with Gasteiger partial charge in [0.05, 0.1) is 18.1 Å². The van der Waals surface area contributed by atoms with E-state index >= 15 is 0 Å². The number of hydrogen-bond acceptors (Lipinski definition) is 4. The Hall–Kier alpha value is -3.35. The van der Waals surface area contributed by atoms with Crippen molar-refractivity contribution >= 4 is 19.5 Å². The molecule has 0 aliphatic carbocycles. The first kappa shape index (κ1) is 20.9. The third-order valence-corrected chi connectivity index (χ3v) is 6.56. The van der Waals surface area contributed by atoms with E-state index in [-0.39, 0.29) is 0 Å². The minimum Gasteiger partial charge on any atom is -0.362 e. The average Bonchev–Trinajstić information content (AvgIpc) is 3.34. The summed E-state index contributed by atoms with van der Waals surface area (Å²) in [5.41, 5.74) is 3.27. The number of rotatable bonds is 7. The first-order chi connectivity index (χ1) is 14.8. The Labute approximate surface area is 181 Å². The Kier molecular flexibility index (Phi) is 5.67. The van der Waals surface area contributed by atoms with Crippen LogP contribution in [0.4, 0.5) is 10.2 Å². The van der Waals surface area contributed by atoms with E-state index in [9.17, 15) is 4.39 Å². The number of halogens is 1. The standard InChI is InChI=1S/C22H23FN6OSi/c1-24-21-12-25-20-9-8-16(13-29(20)21)17-14-28(15-30-10-11-31(2,3)4)27-22(17)18-6-5-7-19(23)26-18/h5-9,12-14H,10-11,15H2,2-4H3. The maximum Gasteiger partial charge on any atom is 0.254 e. The molecule has 4 aromatic heterocycles. The Morgan fingerprint density at radius 1 is 1.16 bits per heavy atom. The number of nitrogens with zero attached hydrogens (tertiary/aromatic N) is 6. The highest BCUT2D eigenvalue weighted by atomic mass is 28.3. The van der Waals surface area contributed by atoms with E-state index in [1.807, 2.05) is 24.5 Å². The molecule has 0 aromatic carbocycles. The zero-order valence-electron chi connectivity index (χ0n) is 17.7. The molecule has 0 saturated carbocycles. The van der Waals surface area contributed by atoms with E-state index in [1.165, 1.54) is 12.3 Å².